The van der Waals surface area contributed by atoms with Gasteiger partial charge >= 0.3 is 0 Å². The molecule has 0 saturated carbocycles. The Balaban J connectivity index is 0.00000109. The highest BCUT2D eigenvalue weighted by Gasteiger charge is 2.26. The standard InChI is InChI=1S/C22H20N4.C2H6/c1-17-7-5-11-21-18(15-24-19-8-6-13-23-16-19)12-14-26(22(21)25-17)20-9-3-2-4-10-20;1-2/h2-6,8-9,11,13-14,16,20,24H,10,15H2,1H3;1-2H3. The number of rotatable bonds is 4. The summed E-state index contributed by atoms with van der Waals surface area (Å²) in [6.45, 7) is 6.64. The van der Waals surface area contributed by atoms with E-state index in [1.54, 1.807) is 6.20 Å². The molecule has 0 saturated heterocycles. The van der Waals surface area contributed by atoms with Crippen LogP contribution in [0.2, 0.25) is 0 Å². The molecular formula is C24H26N4. The van der Waals surface area contributed by atoms with E-state index in [4.69, 9.17) is 4.99 Å². The second-order valence-corrected chi connectivity index (χ2v) is 6.28. The van der Waals surface area contributed by atoms with Crippen LogP contribution in [0, 0.1) is 0 Å². The molecule has 142 valence electrons. The van der Waals surface area contributed by atoms with E-state index in [0.717, 1.165) is 34.8 Å². The highest BCUT2D eigenvalue weighted by Crippen LogP contribution is 2.26. The average molecular weight is 371 g/mol. The van der Waals surface area contributed by atoms with Crippen LogP contribution in [0.5, 0.6) is 0 Å². The summed E-state index contributed by atoms with van der Waals surface area (Å²) < 4.78 is 0. The molecule has 1 unspecified atom stereocenters. The minimum atomic E-state index is 0.258. The molecule has 1 N–H and O–H groups in total. The third kappa shape index (κ3) is 4.50. The molecular weight excluding hydrogens is 344 g/mol. The van der Waals surface area contributed by atoms with E-state index < -0.39 is 0 Å². The molecule has 1 aromatic rings. The van der Waals surface area contributed by atoms with E-state index in [9.17, 15) is 0 Å². The van der Waals surface area contributed by atoms with E-state index in [0.29, 0.717) is 6.54 Å². The molecule has 1 aliphatic carbocycles. The molecule has 3 aliphatic rings. The third-order valence-corrected chi connectivity index (χ3v) is 4.45. The predicted octanol–water partition coefficient (Wildman–Crippen LogP) is 5.16. The molecule has 0 fully saturated rings. The molecule has 2 aliphatic heterocycles. The zero-order chi connectivity index (χ0) is 19.8. The zero-order valence-corrected chi connectivity index (χ0v) is 16.7. The maximum atomic E-state index is 4.82. The molecule has 3 heterocycles. The van der Waals surface area contributed by atoms with Crippen molar-refractivity contribution in [1.29, 1.82) is 0 Å². The van der Waals surface area contributed by atoms with Gasteiger partial charge in [-0.15, -0.1) is 0 Å². The largest absolute Gasteiger partial charge is 0.379 e. The number of hydrogen-bond acceptors (Lipinski definition) is 4. The number of aliphatic imine (C=N–C) groups is 1. The highest BCUT2D eigenvalue weighted by atomic mass is 15.2. The van der Waals surface area contributed by atoms with Crippen LogP contribution in [0.25, 0.3) is 0 Å². The van der Waals surface area contributed by atoms with Crippen LogP contribution < -0.4 is 5.32 Å². The molecule has 0 aromatic carbocycles. The van der Waals surface area contributed by atoms with Crippen molar-refractivity contribution in [2.75, 3.05) is 11.9 Å². The van der Waals surface area contributed by atoms with Crippen LogP contribution in [-0.2, 0) is 0 Å². The molecule has 0 bridgehead atoms. The van der Waals surface area contributed by atoms with Gasteiger partial charge in [-0.05, 0) is 37.6 Å². The van der Waals surface area contributed by atoms with Gasteiger partial charge in [-0.3, -0.25) is 4.98 Å². The minimum absolute atomic E-state index is 0.258. The van der Waals surface area contributed by atoms with E-state index in [2.05, 4.69) is 57.0 Å². The molecule has 0 radical (unpaired) electrons. The van der Waals surface area contributed by atoms with E-state index in [-0.39, 0.29) is 6.04 Å². The first-order valence-corrected chi connectivity index (χ1v) is 9.75. The van der Waals surface area contributed by atoms with Crippen molar-refractivity contribution in [3.8, 4) is 0 Å². The van der Waals surface area contributed by atoms with Gasteiger partial charge in [0.2, 0.25) is 0 Å². The lowest BCUT2D eigenvalue weighted by atomic mass is 9.98. The summed E-state index contributed by atoms with van der Waals surface area (Å²) in [6, 6.07) is 4.19. The monoisotopic (exact) mass is 370 g/mol. The Labute approximate surface area is 167 Å². The van der Waals surface area contributed by atoms with Crippen molar-refractivity contribution in [2.24, 2.45) is 4.99 Å². The van der Waals surface area contributed by atoms with Gasteiger partial charge in [-0.25, -0.2) is 4.99 Å². The summed E-state index contributed by atoms with van der Waals surface area (Å²) in [5, 5.41) is 3.41. The van der Waals surface area contributed by atoms with Gasteiger partial charge in [0, 0.05) is 36.3 Å². The maximum Gasteiger partial charge on any atom is 0.142 e. The molecule has 0 amide bonds. The van der Waals surface area contributed by atoms with Crippen LogP contribution in [0.15, 0.2) is 100 Å². The molecule has 1 aromatic heterocycles. The number of nitrogens with zero attached hydrogens (tertiary/aromatic N) is 3. The second kappa shape index (κ2) is 9.57. The first kappa shape index (κ1) is 19.4. The van der Waals surface area contributed by atoms with Gasteiger partial charge in [0.05, 0.1) is 17.4 Å². The van der Waals surface area contributed by atoms with Crippen molar-refractivity contribution in [2.45, 2.75) is 33.2 Å². The van der Waals surface area contributed by atoms with Crippen molar-refractivity contribution >= 4 is 11.5 Å². The van der Waals surface area contributed by atoms with E-state index in [1.807, 2.05) is 51.4 Å². The number of anilines is 1. The number of hydrogen-bond donors (Lipinski definition) is 1. The number of amidine groups is 1. The first-order chi connectivity index (χ1) is 13.8. The van der Waals surface area contributed by atoms with Crippen LogP contribution >= 0.6 is 0 Å². The van der Waals surface area contributed by atoms with Crippen molar-refractivity contribution in [3.63, 3.8) is 0 Å². The third-order valence-electron chi connectivity index (χ3n) is 4.45. The summed E-state index contributed by atoms with van der Waals surface area (Å²) in [5.74, 6) is 0.954. The Kier molecular flexibility index (Phi) is 6.64. The van der Waals surface area contributed by atoms with E-state index >= 15 is 0 Å². The van der Waals surface area contributed by atoms with Gasteiger partial charge in [0.15, 0.2) is 0 Å². The van der Waals surface area contributed by atoms with Gasteiger partial charge in [-0.2, -0.15) is 0 Å². The van der Waals surface area contributed by atoms with Crippen molar-refractivity contribution < 1.29 is 0 Å². The van der Waals surface area contributed by atoms with Gasteiger partial charge in [0.25, 0.3) is 0 Å². The predicted molar refractivity (Wildman–Crippen MR) is 117 cm³/mol. The van der Waals surface area contributed by atoms with Crippen molar-refractivity contribution in [1.82, 2.24) is 9.88 Å². The summed E-state index contributed by atoms with van der Waals surface area (Å²) in [6.07, 6.45) is 19.1. The molecule has 4 heteroatoms. The highest BCUT2D eigenvalue weighted by molar-refractivity contribution is 6.05. The van der Waals surface area contributed by atoms with Gasteiger partial charge < -0.3 is 10.2 Å². The lowest BCUT2D eigenvalue weighted by molar-refractivity contribution is 0.465. The fraction of sp³-hybridized carbons (Fsp3) is 0.250. The number of pyridine rings is 1. The average Bonchev–Trinajstić information content (AvgIpc) is 2.96. The number of nitrogens with one attached hydrogen (secondary N) is 1. The normalized spacial score (nSPS) is 19.4. The van der Waals surface area contributed by atoms with Crippen LogP contribution in [-0.4, -0.2) is 28.3 Å². The molecule has 28 heavy (non-hydrogen) atoms. The smallest absolute Gasteiger partial charge is 0.142 e. The van der Waals surface area contributed by atoms with Crippen LogP contribution in [0.3, 0.4) is 0 Å². The Morgan fingerprint density at radius 2 is 2.14 bits per heavy atom. The van der Waals surface area contributed by atoms with Crippen LogP contribution in [0.4, 0.5) is 5.69 Å². The van der Waals surface area contributed by atoms with Crippen molar-refractivity contribution in [3.05, 3.63) is 95.5 Å². The Bertz CT molecular complexity index is 948. The number of aromatic nitrogens is 1. The number of allylic oxidation sites excluding steroid dienone is 4. The summed E-state index contributed by atoms with van der Waals surface area (Å²) >= 11 is 0. The Morgan fingerprint density at radius 1 is 1.25 bits per heavy atom. The van der Waals surface area contributed by atoms with Gasteiger partial charge in [0.1, 0.15) is 5.84 Å². The maximum absolute atomic E-state index is 4.82. The lowest BCUT2D eigenvalue weighted by Crippen LogP contribution is -2.38. The molecule has 1 atom stereocenters. The SMILES string of the molecule is CC.CC1=C=CC=C2C(CNc3cccnc3)=C=CN(C3C=CC=CC3)C2=N1. The summed E-state index contributed by atoms with van der Waals surface area (Å²) in [5.41, 5.74) is 10.7. The van der Waals surface area contributed by atoms with E-state index in [1.165, 1.54) is 0 Å². The summed E-state index contributed by atoms with van der Waals surface area (Å²) in [7, 11) is 0. The first-order valence-electron chi connectivity index (χ1n) is 9.75. The van der Waals surface area contributed by atoms with Gasteiger partial charge in [-0.1, -0.05) is 49.6 Å². The fourth-order valence-corrected chi connectivity index (χ4v) is 3.12. The Hall–Kier alpha value is -3.32. The van der Waals surface area contributed by atoms with Crippen LogP contribution in [0.1, 0.15) is 27.2 Å². The number of fused-ring (bicyclic) bond motifs is 1. The minimum Gasteiger partial charge on any atom is -0.379 e. The molecule has 4 rings (SSSR count). The topological polar surface area (TPSA) is 40.5 Å². The zero-order valence-electron chi connectivity index (χ0n) is 16.7. The summed E-state index contributed by atoms with van der Waals surface area (Å²) in [4.78, 5) is 11.2. The molecule has 4 nitrogen and oxygen atoms in total. The Morgan fingerprint density at radius 3 is 2.89 bits per heavy atom. The molecule has 0 spiro atoms. The lowest BCUT2D eigenvalue weighted by Gasteiger charge is -2.33. The quantitative estimate of drug-likeness (QED) is 0.745. The fourth-order valence-electron chi connectivity index (χ4n) is 3.12. The second-order valence-electron chi connectivity index (χ2n) is 6.28.